The molecule has 1 aromatic carbocycles. The van der Waals surface area contributed by atoms with Crippen LogP contribution in [0.5, 0.6) is 0 Å². The molecule has 0 spiro atoms. The van der Waals surface area contributed by atoms with Crippen molar-refractivity contribution in [1.29, 1.82) is 0 Å². The van der Waals surface area contributed by atoms with Crippen LogP contribution in [0.25, 0.3) is 11.0 Å². The Morgan fingerprint density at radius 1 is 1.24 bits per heavy atom. The summed E-state index contributed by atoms with van der Waals surface area (Å²) in [6.45, 7) is 4.96. The molecule has 1 N–H and O–H groups in total. The molecular weight excluding hydrogens is 262 g/mol. The molecule has 0 radical (unpaired) electrons. The first-order chi connectivity index (χ1) is 10.4. The zero-order valence-electron chi connectivity index (χ0n) is 12.6. The predicted octanol–water partition coefficient (Wildman–Crippen LogP) is 3.10. The molecule has 3 rings (SSSR count). The van der Waals surface area contributed by atoms with Crippen LogP contribution in [0.1, 0.15) is 37.8 Å². The molecule has 1 aliphatic heterocycles. The van der Waals surface area contributed by atoms with Gasteiger partial charge in [0.2, 0.25) is 0 Å². The number of benzene rings is 1. The normalized spacial score (nSPS) is 18.0. The lowest BCUT2D eigenvalue weighted by molar-refractivity contribution is 0.0538. The minimum Gasteiger partial charge on any atom is -0.381 e. The molecule has 0 amide bonds. The van der Waals surface area contributed by atoms with Crippen molar-refractivity contribution in [3.05, 3.63) is 36.2 Å². The van der Waals surface area contributed by atoms with E-state index in [1.54, 1.807) is 12.4 Å². The average Bonchev–Trinajstić information content (AvgIpc) is 2.56. The zero-order valence-corrected chi connectivity index (χ0v) is 12.6. The SMILES string of the molecule is CCCNC(c1cccc2nccnc12)C1CCOCC1. The molecule has 1 atom stereocenters. The van der Waals surface area contributed by atoms with Gasteiger partial charge in [-0.05, 0) is 43.4 Å². The third-order valence-corrected chi connectivity index (χ3v) is 4.22. The van der Waals surface area contributed by atoms with Crippen LogP contribution in [0.4, 0.5) is 0 Å². The second kappa shape index (κ2) is 6.96. The van der Waals surface area contributed by atoms with Gasteiger partial charge in [-0.3, -0.25) is 9.97 Å². The van der Waals surface area contributed by atoms with Crippen LogP contribution >= 0.6 is 0 Å². The number of ether oxygens (including phenoxy) is 1. The van der Waals surface area contributed by atoms with Gasteiger partial charge in [-0.1, -0.05) is 19.1 Å². The molecule has 4 nitrogen and oxygen atoms in total. The number of aromatic nitrogens is 2. The van der Waals surface area contributed by atoms with Crippen molar-refractivity contribution >= 4 is 11.0 Å². The Kier molecular flexibility index (Phi) is 4.78. The van der Waals surface area contributed by atoms with Crippen molar-refractivity contribution in [2.75, 3.05) is 19.8 Å². The van der Waals surface area contributed by atoms with Gasteiger partial charge in [0.1, 0.15) is 0 Å². The number of fused-ring (bicyclic) bond motifs is 1. The van der Waals surface area contributed by atoms with E-state index in [9.17, 15) is 0 Å². The van der Waals surface area contributed by atoms with E-state index in [4.69, 9.17) is 4.74 Å². The Hall–Kier alpha value is -1.52. The second-order valence-corrected chi connectivity index (χ2v) is 5.65. The number of nitrogens with one attached hydrogen (secondary N) is 1. The van der Waals surface area contributed by atoms with E-state index in [1.807, 2.05) is 6.07 Å². The maximum absolute atomic E-state index is 5.52. The molecular formula is C17H23N3O. The zero-order chi connectivity index (χ0) is 14.5. The van der Waals surface area contributed by atoms with Crippen molar-refractivity contribution in [2.45, 2.75) is 32.2 Å². The average molecular weight is 285 g/mol. The lowest BCUT2D eigenvalue weighted by Gasteiger charge is -2.31. The molecule has 1 saturated heterocycles. The maximum Gasteiger partial charge on any atom is 0.0934 e. The van der Waals surface area contributed by atoms with Gasteiger partial charge in [0.15, 0.2) is 0 Å². The smallest absolute Gasteiger partial charge is 0.0934 e. The summed E-state index contributed by atoms with van der Waals surface area (Å²) in [6, 6.07) is 6.66. The largest absolute Gasteiger partial charge is 0.381 e. The Bertz CT molecular complexity index is 576. The monoisotopic (exact) mass is 285 g/mol. The number of para-hydroxylation sites is 1. The highest BCUT2D eigenvalue weighted by molar-refractivity contribution is 5.78. The van der Waals surface area contributed by atoms with E-state index < -0.39 is 0 Å². The van der Waals surface area contributed by atoms with Crippen LogP contribution in [0.15, 0.2) is 30.6 Å². The highest BCUT2D eigenvalue weighted by Crippen LogP contribution is 2.32. The Morgan fingerprint density at radius 3 is 2.86 bits per heavy atom. The van der Waals surface area contributed by atoms with Crippen LogP contribution < -0.4 is 5.32 Å². The molecule has 2 aromatic rings. The highest BCUT2D eigenvalue weighted by atomic mass is 16.5. The molecule has 112 valence electrons. The van der Waals surface area contributed by atoms with Crippen LogP contribution in [0.3, 0.4) is 0 Å². The lowest BCUT2D eigenvalue weighted by atomic mass is 9.86. The fraction of sp³-hybridized carbons (Fsp3) is 0.529. The molecule has 0 aliphatic carbocycles. The number of hydrogen-bond donors (Lipinski definition) is 1. The summed E-state index contributed by atoms with van der Waals surface area (Å²) in [5, 5.41) is 3.72. The van der Waals surface area contributed by atoms with Crippen molar-refractivity contribution in [3.63, 3.8) is 0 Å². The Balaban J connectivity index is 1.96. The third kappa shape index (κ3) is 3.22. The van der Waals surface area contributed by atoms with E-state index >= 15 is 0 Å². The molecule has 1 aliphatic rings. The molecule has 1 unspecified atom stereocenters. The Morgan fingerprint density at radius 2 is 2.05 bits per heavy atom. The topological polar surface area (TPSA) is 47.0 Å². The van der Waals surface area contributed by atoms with Crippen molar-refractivity contribution in [1.82, 2.24) is 15.3 Å². The number of nitrogens with zero attached hydrogens (tertiary/aromatic N) is 2. The van der Waals surface area contributed by atoms with E-state index in [-0.39, 0.29) is 0 Å². The molecule has 4 heteroatoms. The van der Waals surface area contributed by atoms with Gasteiger partial charge in [-0.25, -0.2) is 0 Å². The third-order valence-electron chi connectivity index (χ3n) is 4.22. The molecule has 1 aromatic heterocycles. The van der Waals surface area contributed by atoms with E-state index in [0.29, 0.717) is 12.0 Å². The summed E-state index contributed by atoms with van der Waals surface area (Å²) in [4.78, 5) is 9.01. The first-order valence-electron chi connectivity index (χ1n) is 7.91. The van der Waals surface area contributed by atoms with Crippen LogP contribution in [-0.2, 0) is 4.74 Å². The number of rotatable bonds is 5. The molecule has 2 heterocycles. The maximum atomic E-state index is 5.52. The van der Waals surface area contributed by atoms with Gasteiger partial charge < -0.3 is 10.1 Å². The van der Waals surface area contributed by atoms with Gasteiger partial charge >= 0.3 is 0 Å². The summed E-state index contributed by atoms with van der Waals surface area (Å²) >= 11 is 0. The van der Waals surface area contributed by atoms with Crippen molar-refractivity contribution in [2.24, 2.45) is 5.92 Å². The first-order valence-corrected chi connectivity index (χ1v) is 7.91. The second-order valence-electron chi connectivity index (χ2n) is 5.65. The van der Waals surface area contributed by atoms with E-state index in [1.165, 1.54) is 5.56 Å². The summed E-state index contributed by atoms with van der Waals surface area (Å²) < 4.78 is 5.52. The standard InChI is InChI=1S/C17H23N3O/c1-2-8-19-16(13-6-11-21-12-7-13)14-4-3-5-15-17(14)20-10-9-18-15/h3-5,9-10,13,16,19H,2,6-8,11-12H2,1H3. The van der Waals surface area contributed by atoms with Crippen LogP contribution in [-0.4, -0.2) is 29.7 Å². The van der Waals surface area contributed by atoms with Crippen molar-refractivity contribution < 1.29 is 4.74 Å². The fourth-order valence-electron chi connectivity index (χ4n) is 3.15. The minimum atomic E-state index is 0.342. The fourth-order valence-corrected chi connectivity index (χ4v) is 3.15. The molecule has 21 heavy (non-hydrogen) atoms. The molecule has 0 bridgehead atoms. The molecule has 1 fully saturated rings. The van der Waals surface area contributed by atoms with Gasteiger partial charge in [0.25, 0.3) is 0 Å². The predicted molar refractivity (Wildman–Crippen MR) is 84.1 cm³/mol. The summed E-state index contributed by atoms with van der Waals surface area (Å²) in [7, 11) is 0. The summed E-state index contributed by atoms with van der Waals surface area (Å²) in [6.07, 6.45) is 6.90. The van der Waals surface area contributed by atoms with Crippen LogP contribution in [0.2, 0.25) is 0 Å². The first kappa shape index (κ1) is 14.4. The quantitative estimate of drug-likeness (QED) is 0.917. The van der Waals surface area contributed by atoms with Gasteiger partial charge in [-0.15, -0.1) is 0 Å². The van der Waals surface area contributed by atoms with E-state index in [2.05, 4.69) is 34.3 Å². The van der Waals surface area contributed by atoms with Gasteiger partial charge in [0.05, 0.1) is 11.0 Å². The lowest BCUT2D eigenvalue weighted by Crippen LogP contribution is -2.32. The molecule has 0 saturated carbocycles. The van der Waals surface area contributed by atoms with Crippen molar-refractivity contribution in [3.8, 4) is 0 Å². The summed E-state index contributed by atoms with van der Waals surface area (Å²) in [5.41, 5.74) is 3.28. The highest BCUT2D eigenvalue weighted by Gasteiger charge is 2.26. The van der Waals surface area contributed by atoms with Gasteiger partial charge in [0, 0.05) is 31.6 Å². The Labute approximate surface area is 125 Å². The summed E-state index contributed by atoms with van der Waals surface area (Å²) in [5.74, 6) is 0.609. The van der Waals surface area contributed by atoms with Gasteiger partial charge in [-0.2, -0.15) is 0 Å². The van der Waals surface area contributed by atoms with Crippen LogP contribution in [0, 0.1) is 5.92 Å². The van der Waals surface area contributed by atoms with E-state index in [0.717, 1.165) is 50.1 Å². The minimum absolute atomic E-state index is 0.342. The number of hydrogen-bond acceptors (Lipinski definition) is 4.